The second-order valence-electron chi connectivity index (χ2n) is 3.89. The van der Waals surface area contributed by atoms with Crippen LogP contribution in [0.2, 0.25) is 0 Å². The van der Waals surface area contributed by atoms with Crippen molar-refractivity contribution in [2.24, 2.45) is 0 Å². The first-order chi connectivity index (χ1) is 8.16. The summed E-state index contributed by atoms with van der Waals surface area (Å²) >= 11 is 5.26. The normalized spacial score (nSPS) is 12.6. The molecule has 4 heteroatoms. The van der Waals surface area contributed by atoms with Gasteiger partial charge in [-0.2, -0.15) is 0 Å². The fourth-order valence-electron chi connectivity index (χ4n) is 1.58. The van der Waals surface area contributed by atoms with Gasteiger partial charge in [0, 0.05) is 21.9 Å². The second-order valence-corrected chi connectivity index (χ2v) is 5.74. The first-order valence-electron chi connectivity index (χ1n) is 5.41. The number of phenolic OH excluding ortho intramolecular Hbond substituents is 1. The Kier molecular flexibility index (Phi) is 4.20. The van der Waals surface area contributed by atoms with Crippen molar-refractivity contribution in [3.63, 3.8) is 0 Å². The van der Waals surface area contributed by atoms with Crippen molar-refractivity contribution in [1.29, 1.82) is 0 Å². The predicted octanol–water partition coefficient (Wildman–Crippen LogP) is 4.07. The van der Waals surface area contributed by atoms with E-state index in [1.54, 1.807) is 23.5 Å². The highest BCUT2D eigenvalue weighted by Gasteiger charge is 2.06. The number of rotatable bonds is 4. The Morgan fingerprint density at radius 1 is 1.29 bits per heavy atom. The average Bonchev–Trinajstić information content (AvgIpc) is 2.73. The van der Waals surface area contributed by atoms with Crippen LogP contribution in [0, 0.1) is 0 Å². The maximum Gasteiger partial charge on any atom is 0.115 e. The molecule has 1 atom stereocenters. The molecule has 0 fully saturated rings. The molecule has 1 unspecified atom stereocenters. The van der Waals surface area contributed by atoms with Crippen molar-refractivity contribution in [1.82, 2.24) is 5.32 Å². The standard InChI is InChI=1S/C13H14BrNOS/c1-9(10-2-4-11(16)5-3-10)15-8-13-12(14)6-7-17-13/h2-7,9,15-16H,8H2,1H3. The van der Waals surface area contributed by atoms with Crippen LogP contribution in [0.25, 0.3) is 0 Å². The van der Waals surface area contributed by atoms with Crippen LogP contribution >= 0.6 is 27.3 Å². The van der Waals surface area contributed by atoms with Gasteiger partial charge in [0.2, 0.25) is 0 Å². The number of thiophene rings is 1. The molecule has 0 aliphatic rings. The summed E-state index contributed by atoms with van der Waals surface area (Å²) < 4.78 is 1.16. The molecule has 1 aromatic heterocycles. The molecule has 0 radical (unpaired) electrons. The number of hydrogen-bond acceptors (Lipinski definition) is 3. The zero-order valence-electron chi connectivity index (χ0n) is 9.48. The van der Waals surface area contributed by atoms with E-state index in [-0.39, 0.29) is 6.04 Å². The molecule has 2 nitrogen and oxygen atoms in total. The van der Waals surface area contributed by atoms with Crippen LogP contribution in [-0.4, -0.2) is 5.11 Å². The van der Waals surface area contributed by atoms with E-state index in [2.05, 4.69) is 39.6 Å². The topological polar surface area (TPSA) is 32.3 Å². The van der Waals surface area contributed by atoms with E-state index in [1.165, 1.54) is 10.4 Å². The Balaban J connectivity index is 1.95. The van der Waals surface area contributed by atoms with Crippen LogP contribution in [0.3, 0.4) is 0 Å². The largest absolute Gasteiger partial charge is 0.508 e. The number of benzene rings is 1. The minimum absolute atomic E-state index is 0.268. The fourth-order valence-corrected chi connectivity index (χ4v) is 3.02. The third-order valence-electron chi connectivity index (χ3n) is 2.65. The molecule has 17 heavy (non-hydrogen) atoms. The van der Waals surface area contributed by atoms with Crippen molar-refractivity contribution in [3.05, 3.63) is 50.6 Å². The van der Waals surface area contributed by atoms with E-state index in [0.717, 1.165) is 11.0 Å². The van der Waals surface area contributed by atoms with Crippen molar-refractivity contribution < 1.29 is 5.11 Å². The number of phenols is 1. The van der Waals surface area contributed by atoms with Crippen molar-refractivity contribution >= 4 is 27.3 Å². The quantitative estimate of drug-likeness (QED) is 0.892. The van der Waals surface area contributed by atoms with Gasteiger partial charge in [-0.05, 0) is 52.0 Å². The first kappa shape index (κ1) is 12.6. The van der Waals surface area contributed by atoms with Gasteiger partial charge in [-0.25, -0.2) is 0 Å². The van der Waals surface area contributed by atoms with Gasteiger partial charge in [0.25, 0.3) is 0 Å². The van der Waals surface area contributed by atoms with Crippen molar-refractivity contribution in [3.8, 4) is 5.75 Å². The zero-order chi connectivity index (χ0) is 12.3. The molecule has 0 bridgehead atoms. The van der Waals surface area contributed by atoms with E-state index in [1.807, 2.05) is 12.1 Å². The lowest BCUT2D eigenvalue weighted by atomic mass is 10.1. The SMILES string of the molecule is CC(NCc1sccc1Br)c1ccc(O)cc1. The van der Waals surface area contributed by atoms with Gasteiger partial charge in [-0.1, -0.05) is 12.1 Å². The summed E-state index contributed by atoms with van der Waals surface area (Å²) in [6.45, 7) is 2.97. The molecule has 2 rings (SSSR count). The summed E-state index contributed by atoms with van der Waals surface area (Å²) in [6.07, 6.45) is 0. The van der Waals surface area contributed by atoms with E-state index in [4.69, 9.17) is 0 Å². The molecule has 0 saturated carbocycles. The fraction of sp³-hybridized carbons (Fsp3) is 0.231. The maximum atomic E-state index is 9.23. The second kappa shape index (κ2) is 5.67. The highest BCUT2D eigenvalue weighted by atomic mass is 79.9. The van der Waals surface area contributed by atoms with Crippen LogP contribution < -0.4 is 5.32 Å². The van der Waals surface area contributed by atoms with Gasteiger partial charge < -0.3 is 10.4 Å². The third kappa shape index (κ3) is 3.31. The van der Waals surface area contributed by atoms with E-state index in [9.17, 15) is 5.11 Å². The highest BCUT2D eigenvalue weighted by molar-refractivity contribution is 9.10. The number of halogens is 1. The molecule has 90 valence electrons. The van der Waals surface area contributed by atoms with Gasteiger partial charge in [-0.15, -0.1) is 11.3 Å². The lowest BCUT2D eigenvalue weighted by Crippen LogP contribution is -2.17. The number of aromatic hydroxyl groups is 1. The summed E-state index contributed by atoms with van der Waals surface area (Å²) in [7, 11) is 0. The van der Waals surface area contributed by atoms with Gasteiger partial charge in [-0.3, -0.25) is 0 Å². The molecule has 0 spiro atoms. The lowest BCUT2D eigenvalue weighted by molar-refractivity contribution is 0.474. The summed E-state index contributed by atoms with van der Waals surface area (Å²) in [5, 5.41) is 14.8. The number of nitrogens with one attached hydrogen (secondary N) is 1. The van der Waals surface area contributed by atoms with E-state index >= 15 is 0 Å². The Hall–Kier alpha value is -0.840. The molecule has 2 aromatic rings. The molecule has 0 aliphatic heterocycles. The zero-order valence-corrected chi connectivity index (χ0v) is 11.9. The Morgan fingerprint density at radius 3 is 2.59 bits per heavy atom. The summed E-state index contributed by atoms with van der Waals surface area (Å²) in [5.41, 5.74) is 1.18. The summed E-state index contributed by atoms with van der Waals surface area (Å²) in [5.74, 6) is 0.307. The van der Waals surface area contributed by atoms with Crippen LogP contribution in [0.1, 0.15) is 23.4 Å². The minimum atomic E-state index is 0.268. The van der Waals surface area contributed by atoms with E-state index in [0.29, 0.717) is 5.75 Å². The molecule has 0 aliphatic carbocycles. The summed E-state index contributed by atoms with van der Waals surface area (Å²) in [6, 6.07) is 9.65. The smallest absolute Gasteiger partial charge is 0.115 e. The third-order valence-corrected chi connectivity index (χ3v) is 4.58. The Morgan fingerprint density at radius 2 is 2.00 bits per heavy atom. The molecule has 0 saturated heterocycles. The Labute approximate surface area is 113 Å². The Bertz CT molecular complexity index is 480. The predicted molar refractivity (Wildman–Crippen MR) is 75.4 cm³/mol. The van der Waals surface area contributed by atoms with Gasteiger partial charge in [0.1, 0.15) is 5.75 Å². The lowest BCUT2D eigenvalue weighted by Gasteiger charge is -2.13. The van der Waals surface area contributed by atoms with Crippen molar-refractivity contribution in [2.75, 3.05) is 0 Å². The minimum Gasteiger partial charge on any atom is -0.508 e. The number of hydrogen-bond donors (Lipinski definition) is 2. The monoisotopic (exact) mass is 311 g/mol. The van der Waals surface area contributed by atoms with Gasteiger partial charge in [0.05, 0.1) is 0 Å². The molecule has 0 amide bonds. The first-order valence-corrected chi connectivity index (χ1v) is 7.08. The van der Waals surface area contributed by atoms with Crippen LogP contribution in [0.15, 0.2) is 40.2 Å². The average molecular weight is 312 g/mol. The molecule has 1 heterocycles. The van der Waals surface area contributed by atoms with Crippen LogP contribution in [-0.2, 0) is 6.54 Å². The van der Waals surface area contributed by atoms with Crippen LogP contribution in [0.4, 0.5) is 0 Å². The highest BCUT2D eigenvalue weighted by Crippen LogP contribution is 2.23. The van der Waals surface area contributed by atoms with E-state index < -0.39 is 0 Å². The van der Waals surface area contributed by atoms with Crippen LogP contribution in [0.5, 0.6) is 5.75 Å². The summed E-state index contributed by atoms with van der Waals surface area (Å²) in [4.78, 5) is 1.30. The molecule has 1 aromatic carbocycles. The van der Waals surface area contributed by atoms with Gasteiger partial charge >= 0.3 is 0 Å². The van der Waals surface area contributed by atoms with Gasteiger partial charge in [0.15, 0.2) is 0 Å². The molecular weight excluding hydrogens is 298 g/mol. The van der Waals surface area contributed by atoms with Crippen molar-refractivity contribution in [2.45, 2.75) is 19.5 Å². The molecular formula is C13H14BrNOS. The maximum absolute atomic E-state index is 9.23. The molecule has 2 N–H and O–H groups in total.